The predicted molar refractivity (Wildman–Crippen MR) is 160 cm³/mol. The molecule has 2 heterocycles. The number of nitrogens with two attached hydrogens (primary N) is 1. The van der Waals surface area contributed by atoms with Gasteiger partial charge in [-0.1, -0.05) is 11.8 Å². The number of fused-ring (bicyclic) bond motifs is 1. The van der Waals surface area contributed by atoms with Gasteiger partial charge in [0.15, 0.2) is 5.65 Å². The van der Waals surface area contributed by atoms with Crippen LogP contribution >= 0.6 is 19.4 Å². The minimum Gasteiger partial charge on any atom is -0.432 e. The molecule has 2 N–H and O–H groups in total. The Morgan fingerprint density at radius 2 is 1.63 bits per heavy atom. The third-order valence-electron chi connectivity index (χ3n) is 6.02. The maximum Gasteiger partial charge on any atom is 0.510 e. The van der Waals surface area contributed by atoms with E-state index in [0.717, 1.165) is 0 Å². The average Bonchev–Trinajstić information content (AvgIpc) is 3.62. The lowest BCUT2D eigenvalue weighted by molar-refractivity contribution is -0.384. The zero-order chi connectivity index (χ0) is 33.5. The van der Waals surface area contributed by atoms with Gasteiger partial charge in [0.2, 0.25) is 19.5 Å². The third kappa shape index (κ3) is 9.98. The van der Waals surface area contributed by atoms with E-state index in [1.165, 1.54) is 30.2 Å². The topological polar surface area (TPSA) is 229 Å². The normalized spacial score (nSPS) is 14.0. The van der Waals surface area contributed by atoms with Gasteiger partial charge in [-0.05, 0) is 52.7 Å². The molecule has 4 rings (SSSR count). The van der Waals surface area contributed by atoms with Crippen molar-refractivity contribution >= 4 is 54.5 Å². The summed E-state index contributed by atoms with van der Waals surface area (Å²) >= 11 is 1.22. The van der Waals surface area contributed by atoms with Crippen LogP contribution in [-0.4, -0.2) is 74.5 Å². The van der Waals surface area contributed by atoms with E-state index >= 15 is 0 Å². The van der Waals surface area contributed by atoms with Gasteiger partial charge in [0, 0.05) is 17.0 Å². The van der Waals surface area contributed by atoms with Crippen molar-refractivity contribution in [2.24, 2.45) is 0 Å². The minimum atomic E-state index is -4.16. The van der Waals surface area contributed by atoms with Gasteiger partial charge in [-0.2, -0.15) is 4.98 Å². The van der Waals surface area contributed by atoms with Crippen LogP contribution in [0.15, 0.2) is 40.5 Å². The van der Waals surface area contributed by atoms with Crippen LogP contribution in [0.25, 0.3) is 11.2 Å². The number of hydrogen-bond donors (Lipinski definition) is 1. The molecule has 1 aliphatic carbocycles. The fourth-order valence-corrected chi connectivity index (χ4v) is 5.71. The smallest absolute Gasteiger partial charge is 0.432 e. The molecular formula is C26H33N6O12PS. The van der Waals surface area contributed by atoms with E-state index in [9.17, 15) is 24.3 Å². The van der Waals surface area contributed by atoms with Gasteiger partial charge >= 0.3 is 19.9 Å². The number of imidazole rings is 1. The summed E-state index contributed by atoms with van der Waals surface area (Å²) < 4.78 is 51.0. The predicted octanol–water partition coefficient (Wildman–Crippen LogP) is 5.24. The van der Waals surface area contributed by atoms with E-state index in [1.54, 1.807) is 44.4 Å². The standard InChI is InChI=1S/C26H33N6O12PS/c1-16(2)43-24(33)38-13-41-45(37,42-14-39-25(34)44-17(3)4)15-40-26(9-10-26)11-31-12-28-20-21(31)29-23(27)30-22(20)46-19-7-5-18(6-8-19)32(35)36/h5-8,12,16-17H,9-11,13-15H2,1-4H3,(H2,27,29,30). The Balaban J connectivity index is 1.43. The number of non-ortho nitro benzene ring substituents is 1. The van der Waals surface area contributed by atoms with Crippen molar-refractivity contribution in [3.05, 3.63) is 40.7 Å². The second-order valence-corrected chi connectivity index (χ2v) is 13.5. The Bertz CT molecular complexity index is 1570. The molecule has 0 atom stereocenters. The first-order valence-corrected chi connectivity index (χ1v) is 16.4. The summed E-state index contributed by atoms with van der Waals surface area (Å²) in [6, 6.07) is 5.96. The number of nitrogen functional groups attached to an aromatic ring is 1. The van der Waals surface area contributed by atoms with E-state index in [2.05, 4.69) is 15.0 Å². The molecule has 18 nitrogen and oxygen atoms in total. The number of nitrogens with zero attached hydrogens (tertiary/aromatic N) is 5. The Morgan fingerprint density at radius 3 is 2.15 bits per heavy atom. The van der Waals surface area contributed by atoms with Crippen molar-refractivity contribution in [3.63, 3.8) is 0 Å². The maximum absolute atomic E-state index is 13.5. The first kappa shape index (κ1) is 34.8. The van der Waals surface area contributed by atoms with Crippen LogP contribution in [0.2, 0.25) is 0 Å². The Morgan fingerprint density at radius 1 is 1.04 bits per heavy atom. The Kier molecular flexibility index (Phi) is 11.4. The number of rotatable bonds is 16. The lowest BCUT2D eigenvalue weighted by Gasteiger charge is -2.22. The zero-order valence-electron chi connectivity index (χ0n) is 25.4. The second kappa shape index (κ2) is 15.0. The number of nitro groups is 1. The van der Waals surface area contributed by atoms with E-state index in [1.807, 2.05) is 0 Å². The highest BCUT2D eigenvalue weighted by Gasteiger charge is 2.47. The van der Waals surface area contributed by atoms with E-state index in [4.69, 9.17) is 38.5 Å². The molecule has 250 valence electrons. The molecule has 2 aromatic heterocycles. The molecule has 1 aliphatic rings. The van der Waals surface area contributed by atoms with Crippen molar-refractivity contribution in [2.75, 3.05) is 25.7 Å². The summed E-state index contributed by atoms with van der Waals surface area (Å²) in [6.45, 7) is 5.14. The number of hydrogen-bond acceptors (Lipinski definition) is 17. The van der Waals surface area contributed by atoms with Crippen LogP contribution in [0, 0.1) is 10.1 Å². The number of ether oxygens (including phenoxy) is 5. The SMILES string of the molecule is CC(C)OC(=O)OCOP(=O)(COC1(Cn2cnc3c(Sc4ccc([N+](=O)[O-])cc4)nc(N)nc32)CC1)OCOC(=O)OC(C)C. The highest BCUT2D eigenvalue weighted by atomic mass is 32.2. The molecular weight excluding hydrogens is 651 g/mol. The summed E-state index contributed by atoms with van der Waals surface area (Å²) in [5.74, 6) is -0.0114. The summed E-state index contributed by atoms with van der Waals surface area (Å²) in [7, 11) is -4.16. The fourth-order valence-electron chi connectivity index (χ4n) is 3.76. The molecule has 1 aromatic carbocycles. The first-order valence-electron chi connectivity index (χ1n) is 13.9. The summed E-state index contributed by atoms with van der Waals surface area (Å²) in [4.78, 5) is 47.7. The monoisotopic (exact) mass is 684 g/mol. The molecule has 3 aromatic rings. The van der Waals surface area contributed by atoms with Crippen molar-refractivity contribution in [1.29, 1.82) is 0 Å². The number of nitro benzene ring substituents is 1. The van der Waals surface area contributed by atoms with E-state index < -0.39 is 62.6 Å². The van der Waals surface area contributed by atoms with Crippen LogP contribution in [-0.2, 0) is 43.8 Å². The van der Waals surface area contributed by atoms with Gasteiger partial charge in [0.05, 0.1) is 35.6 Å². The fraction of sp³-hybridized carbons (Fsp3) is 0.500. The van der Waals surface area contributed by atoms with Crippen molar-refractivity contribution in [3.8, 4) is 0 Å². The maximum atomic E-state index is 13.5. The van der Waals surface area contributed by atoms with Gasteiger partial charge in [-0.3, -0.25) is 23.7 Å². The largest absolute Gasteiger partial charge is 0.510 e. The number of carbonyl (C=O) groups is 2. The molecule has 0 amide bonds. The highest BCUT2D eigenvalue weighted by Crippen LogP contribution is 2.52. The summed E-state index contributed by atoms with van der Waals surface area (Å²) in [5.41, 5.74) is 6.00. The van der Waals surface area contributed by atoms with Gasteiger partial charge in [0.1, 0.15) is 16.9 Å². The van der Waals surface area contributed by atoms with Crippen LogP contribution < -0.4 is 5.73 Å². The van der Waals surface area contributed by atoms with Crippen LogP contribution in [0.4, 0.5) is 21.2 Å². The second-order valence-electron chi connectivity index (χ2n) is 10.5. The van der Waals surface area contributed by atoms with Crippen LogP contribution in [0.1, 0.15) is 40.5 Å². The van der Waals surface area contributed by atoms with E-state index in [-0.39, 0.29) is 18.2 Å². The lowest BCUT2D eigenvalue weighted by Crippen LogP contribution is -2.24. The van der Waals surface area contributed by atoms with Crippen molar-refractivity contribution < 1.29 is 51.8 Å². The molecule has 46 heavy (non-hydrogen) atoms. The number of benzene rings is 1. The van der Waals surface area contributed by atoms with Gasteiger partial charge in [-0.15, -0.1) is 0 Å². The molecule has 0 saturated heterocycles. The average molecular weight is 685 g/mol. The molecule has 0 radical (unpaired) electrons. The molecule has 0 unspecified atom stereocenters. The molecule has 1 fully saturated rings. The molecule has 1 saturated carbocycles. The third-order valence-corrected chi connectivity index (χ3v) is 8.45. The Labute approximate surface area is 266 Å². The molecule has 20 heteroatoms. The summed E-state index contributed by atoms with van der Waals surface area (Å²) in [5, 5.41) is 11.4. The van der Waals surface area contributed by atoms with Crippen LogP contribution in [0.5, 0.6) is 0 Å². The highest BCUT2D eigenvalue weighted by molar-refractivity contribution is 7.99. The minimum absolute atomic E-state index is 0.0114. The molecule has 0 bridgehead atoms. The van der Waals surface area contributed by atoms with Gasteiger partial charge in [0.25, 0.3) is 5.69 Å². The first-order chi connectivity index (χ1) is 21.8. The lowest BCUT2D eigenvalue weighted by atomic mass is 10.3. The van der Waals surface area contributed by atoms with Crippen molar-refractivity contribution in [1.82, 2.24) is 19.5 Å². The van der Waals surface area contributed by atoms with E-state index in [0.29, 0.717) is 33.9 Å². The quantitative estimate of drug-likeness (QED) is 0.0508. The zero-order valence-corrected chi connectivity index (χ0v) is 27.1. The van der Waals surface area contributed by atoms with Crippen molar-refractivity contribution in [2.45, 2.75) is 74.8 Å². The molecule has 0 aliphatic heterocycles. The number of aromatic nitrogens is 4. The van der Waals surface area contributed by atoms with Crippen LogP contribution in [0.3, 0.4) is 0 Å². The van der Waals surface area contributed by atoms with Gasteiger partial charge in [-0.25, -0.2) is 19.6 Å². The Hall–Kier alpha value is -4.03. The number of carbonyl (C=O) groups excluding carboxylic acids is 2. The molecule has 0 spiro atoms. The number of anilines is 1. The summed E-state index contributed by atoms with van der Waals surface area (Å²) in [6.07, 6.45) is -0.885. The van der Waals surface area contributed by atoms with Gasteiger partial charge < -0.3 is 34.0 Å².